The van der Waals surface area contributed by atoms with Gasteiger partial charge in [0, 0.05) is 23.0 Å². The topological polar surface area (TPSA) is 248 Å². The highest BCUT2D eigenvalue weighted by Crippen LogP contribution is 2.38. The van der Waals surface area contributed by atoms with Gasteiger partial charge in [0.05, 0.1) is 29.5 Å². The summed E-state index contributed by atoms with van der Waals surface area (Å²) in [5.41, 5.74) is 1.33. The molecule has 270 valence electrons. The monoisotopic (exact) mass is 786 g/mol. The number of thioether (sulfide) groups is 2. The SMILES string of the molecule is CCCOc1cc(N=Nc2ccc3ccccc3c2S(=O)(=O)O)c(C)cc1Nc1nc(SCCCS(=O)(=O)O)nc(SCCCS(=O)(=O)O)n1. The van der Waals surface area contributed by atoms with E-state index < -0.39 is 41.9 Å². The summed E-state index contributed by atoms with van der Waals surface area (Å²) in [6.45, 7) is 3.99. The first-order chi connectivity index (χ1) is 23.5. The zero-order valence-corrected chi connectivity index (χ0v) is 30.8. The number of rotatable bonds is 18. The quantitative estimate of drug-likeness (QED) is 0.0376. The van der Waals surface area contributed by atoms with Gasteiger partial charge in [-0.3, -0.25) is 13.7 Å². The molecule has 0 saturated heterocycles. The van der Waals surface area contributed by atoms with Crippen LogP contribution in [0.4, 0.5) is 23.0 Å². The number of azo groups is 1. The number of nitrogens with one attached hydrogen (secondary N) is 1. The summed E-state index contributed by atoms with van der Waals surface area (Å²) < 4.78 is 103. The van der Waals surface area contributed by atoms with Gasteiger partial charge in [-0.05, 0) is 49.3 Å². The van der Waals surface area contributed by atoms with Crippen LogP contribution >= 0.6 is 23.5 Å². The minimum Gasteiger partial charge on any atom is -0.491 e. The fourth-order valence-electron chi connectivity index (χ4n) is 4.36. The van der Waals surface area contributed by atoms with Crippen molar-refractivity contribution in [3.8, 4) is 5.75 Å². The highest BCUT2D eigenvalue weighted by molar-refractivity contribution is 7.99. The number of benzene rings is 3. The van der Waals surface area contributed by atoms with Crippen molar-refractivity contribution < 1.29 is 43.6 Å². The van der Waals surface area contributed by atoms with Crippen LogP contribution in [0, 0.1) is 6.92 Å². The molecule has 4 rings (SSSR count). The van der Waals surface area contributed by atoms with E-state index >= 15 is 0 Å². The maximum Gasteiger partial charge on any atom is 0.297 e. The van der Waals surface area contributed by atoms with Crippen LogP contribution in [0.2, 0.25) is 0 Å². The molecule has 4 aromatic rings. The van der Waals surface area contributed by atoms with Gasteiger partial charge in [-0.2, -0.15) is 45.3 Å². The van der Waals surface area contributed by atoms with Gasteiger partial charge in [-0.15, -0.1) is 5.11 Å². The van der Waals surface area contributed by atoms with Gasteiger partial charge < -0.3 is 10.1 Å². The number of aryl methyl sites for hydroxylation is 1. The molecule has 0 radical (unpaired) electrons. The van der Waals surface area contributed by atoms with Crippen LogP contribution in [0.15, 0.2) is 74.0 Å². The maximum absolute atomic E-state index is 12.3. The first-order valence-corrected chi connectivity index (χ1v) is 21.5. The Kier molecular flexibility index (Phi) is 13.5. The van der Waals surface area contributed by atoms with E-state index in [0.717, 1.165) is 23.5 Å². The highest BCUT2D eigenvalue weighted by atomic mass is 32.2. The van der Waals surface area contributed by atoms with Crippen LogP contribution in [-0.2, 0) is 30.4 Å². The zero-order chi connectivity index (χ0) is 36.5. The van der Waals surface area contributed by atoms with Gasteiger partial charge >= 0.3 is 0 Å². The van der Waals surface area contributed by atoms with E-state index in [1.807, 2.05) is 6.92 Å². The molecule has 0 saturated carbocycles. The molecule has 50 heavy (non-hydrogen) atoms. The van der Waals surface area contributed by atoms with Gasteiger partial charge in [0.2, 0.25) is 5.95 Å². The van der Waals surface area contributed by atoms with E-state index in [9.17, 15) is 29.8 Å². The van der Waals surface area contributed by atoms with E-state index in [0.29, 0.717) is 46.5 Å². The second-order valence-corrected chi connectivity index (χ2v) is 17.2. The van der Waals surface area contributed by atoms with E-state index in [1.165, 1.54) is 6.07 Å². The van der Waals surface area contributed by atoms with Crippen molar-refractivity contribution >= 4 is 87.7 Å². The minimum atomic E-state index is -4.66. The van der Waals surface area contributed by atoms with Crippen molar-refractivity contribution in [2.75, 3.05) is 34.9 Å². The summed E-state index contributed by atoms with van der Waals surface area (Å²) in [5, 5.41) is 12.9. The largest absolute Gasteiger partial charge is 0.491 e. The number of fused-ring (bicyclic) bond motifs is 1. The molecule has 0 aliphatic rings. The highest BCUT2D eigenvalue weighted by Gasteiger charge is 2.20. The smallest absolute Gasteiger partial charge is 0.297 e. The Labute approximate surface area is 298 Å². The molecule has 1 heterocycles. The Balaban J connectivity index is 1.66. The molecule has 0 bridgehead atoms. The normalized spacial score (nSPS) is 12.5. The standard InChI is InChI=1S/C29H34N6O10S5/c1-3-12-45-25-18-23(35-34-22-11-10-20-8-4-5-9-21(20)26(22)50(42,43)44)19(2)17-24(25)30-27-31-28(46-13-6-15-48(36,37)38)33-29(32-27)47-14-7-16-49(39,40)41/h4-5,8-11,17-18H,3,6-7,12-16H2,1-2H3,(H,36,37,38)(H,39,40,41)(H,42,43,44)(H,30,31,32,33). The summed E-state index contributed by atoms with van der Waals surface area (Å²) in [4.78, 5) is 12.8. The molecular formula is C29H34N6O10S5. The Hall–Kier alpha value is -3.44. The Morgan fingerprint density at radius 2 is 1.40 bits per heavy atom. The summed E-state index contributed by atoms with van der Waals surface area (Å²) in [5.74, 6) is 0.0784. The first-order valence-electron chi connectivity index (χ1n) is 14.9. The van der Waals surface area contributed by atoms with Crippen LogP contribution < -0.4 is 10.1 Å². The molecule has 1 aromatic heterocycles. The third-order valence-corrected chi connectivity index (χ3v) is 11.0. The van der Waals surface area contributed by atoms with E-state index in [-0.39, 0.29) is 51.2 Å². The number of nitrogens with zero attached hydrogens (tertiary/aromatic N) is 5. The number of hydrogen-bond acceptors (Lipinski definition) is 15. The van der Waals surface area contributed by atoms with Gasteiger partial charge in [-0.1, -0.05) is 60.8 Å². The lowest BCUT2D eigenvalue weighted by molar-refractivity contribution is 0.319. The molecule has 0 aliphatic carbocycles. The van der Waals surface area contributed by atoms with Gasteiger partial charge in [0.15, 0.2) is 10.3 Å². The van der Waals surface area contributed by atoms with Gasteiger partial charge in [0.25, 0.3) is 30.4 Å². The first kappa shape index (κ1) is 39.3. The number of hydrogen-bond donors (Lipinski definition) is 4. The molecule has 0 unspecified atom stereocenters. The van der Waals surface area contributed by atoms with E-state index in [2.05, 4.69) is 30.5 Å². The number of ether oxygens (including phenoxy) is 1. The second kappa shape index (κ2) is 17.2. The lowest BCUT2D eigenvalue weighted by Crippen LogP contribution is -2.07. The molecule has 21 heteroatoms. The van der Waals surface area contributed by atoms with Crippen LogP contribution in [0.5, 0.6) is 5.75 Å². The number of aromatic nitrogens is 3. The number of anilines is 2. The molecule has 0 aliphatic heterocycles. The minimum absolute atomic E-state index is 0.0581. The maximum atomic E-state index is 12.3. The van der Waals surface area contributed by atoms with E-state index in [1.54, 1.807) is 49.4 Å². The molecule has 16 nitrogen and oxygen atoms in total. The average Bonchev–Trinajstić information content (AvgIpc) is 3.02. The molecule has 0 fully saturated rings. The van der Waals surface area contributed by atoms with Crippen molar-refractivity contribution in [3.63, 3.8) is 0 Å². The lowest BCUT2D eigenvalue weighted by Gasteiger charge is -2.15. The van der Waals surface area contributed by atoms with Crippen molar-refractivity contribution in [2.24, 2.45) is 10.2 Å². The van der Waals surface area contributed by atoms with Crippen molar-refractivity contribution in [3.05, 3.63) is 54.1 Å². The lowest BCUT2D eigenvalue weighted by atomic mass is 10.1. The Bertz CT molecular complexity index is 2140. The van der Waals surface area contributed by atoms with Crippen LogP contribution in [0.3, 0.4) is 0 Å². The molecular weight excluding hydrogens is 753 g/mol. The summed E-state index contributed by atoms with van der Waals surface area (Å²) in [6.07, 6.45) is 0.924. The molecule has 0 amide bonds. The summed E-state index contributed by atoms with van der Waals surface area (Å²) in [7, 11) is -12.9. The molecule has 3 aromatic carbocycles. The molecule has 0 spiro atoms. The summed E-state index contributed by atoms with van der Waals surface area (Å²) in [6, 6.07) is 13.1. The third-order valence-electron chi connectivity index (χ3n) is 6.54. The van der Waals surface area contributed by atoms with Crippen molar-refractivity contribution in [2.45, 2.75) is 48.3 Å². The second-order valence-electron chi connectivity index (χ2n) is 10.6. The Morgan fingerprint density at radius 1 is 0.800 bits per heavy atom. The molecule has 4 N–H and O–H groups in total. The van der Waals surface area contributed by atoms with E-state index in [4.69, 9.17) is 13.8 Å². The van der Waals surface area contributed by atoms with Crippen molar-refractivity contribution in [1.29, 1.82) is 0 Å². The predicted molar refractivity (Wildman–Crippen MR) is 192 cm³/mol. The van der Waals surface area contributed by atoms with Gasteiger partial charge in [-0.25, -0.2) is 0 Å². The fourth-order valence-corrected chi connectivity index (χ4v) is 8.18. The van der Waals surface area contributed by atoms with Crippen LogP contribution in [0.25, 0.3) is 10.8 Å². The Morgan fingerprint density at radius 3 is 1.98 bits per heavy atom. The fraction of sp³-hybridized carbons (Fsp3) is 0.345. The van der Waals surface area contributed by atoms with Crippen molar-refractivity contribution in [1.82, 2.24) is 15.0 Å². The predicted octanol–water partition coefficient (Wildman–Crippen LogP) is 6.27. The summed E-state index contributed by atoms with van der Waals surface area (Å²) >= 11 is 2.26. The molecule has 0 atom stereocenters. The van der Waals surface area contributed by atoms with Gasteiger partial charge in [0.1, 0.15) is 16.3 Å². The van der Waals surface area contributed by atoms with Crippen LogP contribution in [0.1, 0.15) is 31.7 Å². The average molecular weight is 787 g/mol. The van der Waals surface area contributed by atoms with Crippen LogP contribution in [-0.4, -0.2) is 83.5 Å². The third kappa shape index (κ3) is 12.1. The zero-order valence-electron chi connectivity index (χ0n) is 26.8.